The van der Waals surface area contributed by atoms with Gasteiger partial charge in [-0.2, -0.15) is 8.78 Å². The van der Waals surface area contributed by atoms with Gasteiger partial charge in [0.2, 0.25) is 0 Å². The Labute approximate surface area is 121 Å². The molecule has 10 heteroatoms. The number of alkyl halides is 2. The van der Waals surface area contributed by atoms with Gasteiger partial charge in [-0.3, -0.25) is 19.5 Å². The van der Waals surface area contributed by atoms with E-state index in [1.807, 2.05) is 0 Å². The molecular formula is C11H10F2N4O3S. The zero-order chi connectivity index (χ0) is 15.6. The summed E-state index contributed by atoms with van der Waals surface area (Å²) in [7, 11) is 1.42. The normalized spacial score (nSPS) is 10.9. The molecule has 7 nitrogen and oxygen atoms in total. The lowest BCUT2D eigenvalue weighted by atomic mass is 10.4. The van der Waals surface area contributed by atoms with Crippen molar-refractivity contribution in [2.45, 2.75) is 13.1 Å². The second-order valence-corrected chi connectivity index (χ2v) is 5.15. The van der Waals surface area contributed by atoms with Crippen molar-refractivity contribution in [2.75, 3.05) is 7.05 Å². The van der Waals surface area contributed by atoms with Crippen molar-refractivity contribution in [3.63, 3.8) is 0 Å². The topological polar surface area (TPSA) is 81.3 Å². The average molecular weight is 316 g/mol. The third kappa shape index (κ3) is 3.21. The van der Waals surface area contributed by atoms with Gasteiger partial charge >= 0.3 is 11.6 Å². The second-order valence-electron chi connectivity index (χ2n) is 4.08. The maximum atomic E-state index is 12.7. The number of carbonyl (C=O) groups excluding carboxylic acids is 1. The van der Waals surface area contributed by atoms with E-state index in [2.05, 4.69) is 4.98 Å². The number of hydrogen-bond donors (Lipinski definition) is 0. The Bertz CT molecular complexity index is 670. The molecule has 0 spiro atoms. The molecular weight excluding hydrogens is 306 g/mol. The van der Waals surface area contributed by atoms with E-state index in [1.54, 1.807) is 0 Å². The molecule has 112 valence electrons. The summed E-state index contributed by atoms with van der Waals surface area (Å²) in [5.74, 6) is -0.455. The molecule has 0 radical (unpaired) electrons. The lowest BCUT2D eigenvalue weighted by Crippen LogP contribution is -2.27. The summed E-state index contributed by atoms with van der Waals surface area (Å²) < 4.78 is 26.0. The minimum atomic E-state index is -2.74. The first-order valence-corrected chi connectivity index (χ1v) is 6.51. The van der Waals surface area contributed by atoms with Crippen molar-refractivity contribution >= 4 is 22.2 Å². The van der Waals surface area contributed by atoms with Gasteiger partial charge in [-0.05, 0) is 6.07 Å². The maximum Gasteiger partial charge on any atom is 0.324 e. The van der Waals surface area contributed by atoms with Crippen molar-refractivity contribution < 1.29 is 18.5 Å². The van der Waals surface area contributed by atoms with E-state index in [9.17, 15) is 23.7 Å². The fraction of sp³-hybridized carbons (Fsp3) is 0.273. The van der Waals surface area contributed by atoms with E-state index < -0.39 is 17.4 Å². The van der Waals surface area contributed by atoms with Crippen LogP contribution in [-0.2, 0) is 6.54 Å². The number of imidazole rings is 1. The van der Waals surface area contributed by atoms with E-state index >= 15 is 0 Å². The van der Waals surface area contributed by atoms with Crippen LogP contribution in [0.3, 0.4) is 0 Å². The minimum absolute atomic E-state index is 0.0342. The first-order valence-electron chi connectivity index (χ1n) is 5.69. The molecule has 0 aliphatic carbocycles. The van der Waals surface area contributed by atoms with Gasteiger partial charge in [0.15, 0.2) is 0 Å². The van der Waals surface area contributed by atoms with Gasteiger partial charge in [0.1, 0.15) is 5.82 Å². The van der Waals surface area contributed by atoms with Crippen LogP contribution in [0.1, 0.15) is 22.0 Å². The zero-order valence-electron chi connectivity index (χ0n) is 10.8. The fourth-order valence-corrected chi connectivity index (χ4v) is 2.47. The molecule has 2 aromatic rings. The van der Waals surface area contributed by atoms with Crippen LogP contribution in [0, 0.1) is 10.1 Å². The largest absolute Gasteiger partial charge is 0.334 e. The number of carbonyl (C=O) groups is 1. The van der Waals surface area contributed by atoms with Crippen molar-refractivity contribution in [1.82, 2.24) is 14.5 Å². The van der Waals surface area contributed by atoms with Gasteiger partial charge in [-0.15, -0.1) is 0 Å². The molecule has 2 aromatic heterocycles. The van der Waals surface area contributed by atoms with Crippen molar-refractivity contribution in [1.29, 1.82) is 0 Å². The Morgan fingerprint density at radius 3 is 2.86 bits per heavy atom. The minimum Gasteiger partial charge on any atom is -0.334 e. The SMILES string of the molecule is CN(Cc1nccn1C(F)F)C(=O)c1ccc([N+](=O)[O-])s1. The summed E-state index contributed by atoms with van der Waals surface area (Å²) in [5.41, 5.74) is 0. The molecule has 0 saturated heterocycles. The highest BCUT2D eigenvalue weighted by atomic mass is 32.1. The van der Waals surface area contributed by atoms with E-state index in [0.29, 0.717) is 4.57 Å². The van der Waals surface area contributed by atoms with Crippen LogP contribution < -0.4 is 0 Å². The second kappa shape index (κ2) is 5.95. The number of aromatic nitrogens is 2. The first-order chi connectivity index (χ1) is 9.90. The van der Waals surface area contributed by atoms with Crippen LogP contribution in [0.5, 0.6) is 0 Å². The number of halogens is 2. The lowest BCUT2D eigenvalue weighted by molar-refractivity contribution is -0.380. The summed E-state index contributed by atoms with van der Waals surface area (Å²) in [6, 6.07) is 2.56. The molecule has 2 heterocycles. The first kappa shape index (κ1) is 15.0. The maximum absolute atomic E-state index is 12.7. The molecule has 0 aromatic carbocycles. The quantitative estimate of drug-likeness (QED) is 0.627. The van der Waals surface area contributed by atoms with Crippen molar-refractivity contribution in [3.05, 3.63) is 45.3 Å². The molecule has 0 unspecified atom stereocenters. The molecule has 0 aliphatic rings. The van der Waals surface area contributed by atoms with Crippen LogP contribution in [0.15, 0.2) is 24.5 Å². The van der Waals surface area contributed by atoms with Crippen LogP contribution in [0.4, 0.5) is 13.8 Å². The molecule has 0 atom stereocenters. The predicted octanol–water partition coefficient (Wildman–Crippen LogP) is 2.52. The van der Waals surface area contributed by atoms with Crippen LogP contribution in [-0.4, -0.2) is 32.3 Å². The van der Waals surface area contributed by atoms with E-state index in [4.69, 9.17) is 0 Å². The third-order valence-electron chi connectivity index (χ3n) is 2.67. The summed E-state index contributed by atoms with van der Waals surface area (Å²) in [4.78, 5) is 27.2. The number of nitrogens with zero attached hydrogens (tertiary/aromatic N) is 4. The number of nitro groups is 1. The monoisotopic (exact) mass is 316 g/mol. The highest BCUT2D eigenvalue weighted by molar-refractivity contribution is 7.17. The summed E-state index contributed by atoms with van der Waals surface area (Å²) in [6.07, 6.45) is 2.34. The van der Waals surface area contributed by atoms with Gasteiger partial charge in [0, 0.05) is 25.5 Å². The van der Waals surface area contributed by atoms with Crippen molar-refractivity contribution in [2.24, 2.45) is 0 Å². The average Bonchev–Trinajstić information content (AvgIpc) is 3.06. The Balaban J connectivity index is 2.12. The number of thiophene rings is 1. The summed E-state index contributed by atoms with van der Waals surface area (Å²) in [5, 5.41) is 10.4. The fourth-order valence-electron chi connectivity index (χ4n) is 1.66. The van der Waals surface area contributed by atoms with Crippen LogP contribution in [0.2, 0.25) is 0 Å². The predicted molar refractivity (Wildman–Crippen MR) is 70.3 cm³/mol. The van der Waals surface area contributed by atoms with E-state index in [-0.39, 0.29) is 22.2 Å². The van der Waals surface area contributed by atoms with Gasteiger partial charge in [0.05, 0.1) is 16.3 Å². The molecule has 21 heavy (non-hydrogen) atoms. The number of rotatable bonds is 5. The van der Waals surface area contributed by atoms with Gasteiger partial charge in [0.25, 0.3) is 5.91 Å². The standard InChI is InChI=1S/C11H10F2N4O3S/c1-15(6-8-14-4-5-16(8)11(12)13)10(18)7-2-3-9(21-7)17(19)20/h2-5,11H,6H2,1H3. The molecule has 0 N–H and O–H groups in total. The molecule has 1 amide bonds. The molecule has 2 rings (SSSR count). The Hall–Kier alpha value is -2.36. The highest BCUT2D eigenvalue weighted by Crippen LogP contribution is 2.25. The number of amides is 1. The lowest BCUT2D eigenvalue weighted by Gasteiger charge is -2.16. The number of hydrogen-bond acceptors (Lipinski definition) is 5. The third-order valence-corrected chi connectivity index (χ3v) is 3.69. The van der Waals surface area contributed by atoms with Crippen LogP contribution >= 0.6 is 11.3 Å². The van der Waals surface area contributed by atoms with Gasteiger partial charge in [-0.1, -0.05) is 11.3 Å². The van der Waals surface area contributed by atoms with Crippen molar-refractivity contribution in [3.8, 4) is 0 Å². The Morgan fingerprint density at radius 1 is 1.57 bits per heavy atom. The molecule has 0 aliphatic heterocycles. The van der Waals surface area contributed by atoms with Gasteiger partial charge < -0.3 is 4.90 Å². The zero-order valence-corrected chi connectivity index (χ0v) is 11.6. The summed E-state index contributed by atoms with van der Waals surface area (Å²) >= 11 is 0.735. The highest BCUT2D eigenvalue weighted by Gasteiger charge is 2.20. The Morgan fingerprint density at radius 2 is 2.29 bits per heavy atom. The Kier molecular flexibility index (Phi) is 4.26. The smallest absolute Gasteiger partial charge is 0.324 e. The van der Waals surface area contributed by atoms with E-state index in [0.717, 1.165) is 17.5 Å². The van der Waals surface area contributed by atoms with Gasteiger partial charge in [-0.25, -0.2) is 4.98 Å². The summed E-state index contributed by atoms with van der Waals surface area (Å²) in [6.45, 7) is -2.86. The molecule has 0 bridgehead atoms. The molecule has 0 fully saturated rings. The molecule has 0 saturated carbocycles. The van der Waals surface area contributed by atoms with E-state index in [1.165, 1.54) is 30.3 Å². The van der Waals surface area contributed by atoms with Crippen LogP contribution in [0.25, 0.3) is 0 Å².